The van der Waals surface area contributed by atoms with E-state index in [1.807, 2.05) is 0 Å². The zero-order valence-corrected chi connectivity index (χ0v) is 12.6. The van der Waals surface area contributed by atoms with E-state index in [4.69, 9.17) is 17.5 Å². The molecule has 7 nitrogen and oxygen atoms in total. The molecule has 120 valence electrons. The highest BCUT2D eigenvalue weighted by Crippen LogP contribution is 2.18. The number of aromatic amines is 2. The van der Waals surface area contributed by atoms with E-state index < -0.39 is 43.8 Å². The van der Waals surface area contributed by atoms with Gasteiger partial charge in [0.05, 0.1) is 17.7 Å². The van der Waals surface area contributed by atoms with Gasteiger partial charge in [0.15, 0.2) is 6.30 Å². The number of hydrogen-bond acceptors (Lipinski definition) is 2. The normalized spacial score (nSPS) is 37.6. The van der Waals surface area contributed by atoms with Crippen molar-refractivity contribution in [1.29, 1.82) is 0 Å². The molecule has 1 saturated heterocycles. The van der Waals surface area contributed by atoms with E-state index >= 15 is 0 Å². The highest BCUT2D eigenvalue weighted by atomic mass is 16.2. The summed E-state index contributed by atoms with van der Waals surface area (Å²) in [6.07, 6.45) is -1.63. The van der Waals surface area contributed by atoms with E-state index in [0.29, 0.717) is 5.39 Å². The van der Waals surface area contributed by atoms with Crippen LogP contribution in [0.25, 0.3) is 15.9 Å². The predicted octanol–water partition coefficient (Wildman–Crippen LogP) is 0.449. The number of nitrogens with zero attached hydrogens (tertiary/aromatic N) is 4. The van der Waals surface area contributed by atoms with Gasteiger partial charge in [0.1, 0.15) is 18.4 Å². The highest BCUT2D eigenvalue weighted by Gasteiger charge is 2.33. The quantitative estimate of drug-likeness (QED) is 0.623. The lowest BCUT2D eigenvalue weighted by molar-refractivity contribution is -0.131. The molecule has 0 unspecified atom stereocenters. The predicted molar refractivity (Wildman–Crippen MR) is 87.3 cm³/mol. The molecule has 0 bridgehead atoms. The van der Waals surface area contributed by atoms with Gasteiger partial charge >= 0.3 is 5.91 Å². The molecule has 0 saturated carbocycles. The van der Waals surface area contributed by atoms with Crippen LogP contribution in [0.15, 0.2) is 18.6 Å². The number of likely N-dealkylation sites (tertiary alicyclic amines) is 1. The lowest BCUT2D eigenvalue weighted by Crippen LogP contribution is -2.54. The van der Waals surface area contributed by atoms with Crippen molar-refractivity contribution >= 4 is 16.9 Å². The van der Waals surface area contributed by atoms with Gasteiger partial charge in [0.25, 0.3) is 12.0 Å². The van der Waals surface area contributed by atoms with Crippen LogP contribution in [0.4, 0.5) is 0 Å². The maximum atomic E-state index is 12.6. The summed E-state index contributed by atoms with van der Waals surface area (Å²) in [6, 6.07) is -0.985. The Morgan fingerprint density at radius 1 is 1.74 bits per heavy atom. The molecule has 0 aliphatic carbocycles. The minimum absolute atomic E-state index is 0.0403. The molecule has 1 amide bonds. The largest absolute Gasteiger partial charge is 0.346 e. The lowest BCUT2D eigenvalue weighted by atomic mass is 9.93. The van der Waals surface area contributed by atoms with Crippen LogP contribution in [0.5, 0.6) is 0 Å². The molecule has 3 rings (SSSR count). The second-order valence-corrected chi connectivity index (χ2v) is 5.02. The van der Waals surface area contributed by atoms with E-state index in [1.54, 1.807) is 6.07 Å². The summed E-state index contributed by atoms with van der Waals surface area (Å²) in [5.74, 6) is -2.87. The van der Waals surface area contributed by atoms with Gasteiger partial charge in [-0.15, -0.1) is 0 Å². The van der Waals surface area contributed by atoms with Crippen LogP contribution in [-0.2, 0) is 4.79 Å². The van der Waals surface area contributed by atoms with E-state index in [0.717, 1.165) is 4.58 Å². The van der Waals surface area contributed by atoms with Crippen molar-refractivity contribution in [3.63, 3.8) is 0 Å². The first-order valence-corrected chi connectivity index (χ1v) is 6.93. The SMILES string of the molecule is [2H]c1nc2[nH]ccc2c(=[N+](C)[C@]2([2H])[C@H](C)C([2H])([2H])C([2H])([2H])N(C(=O)C[N+]#[C-])C2([2H])[2H])[nH]1. The third-order valence-corrected chi connectivity index (χ3v) is 3.51. The van der Waals surface area contributed by atoms with Crippen LogP contribution in [0.1, 0.15) is 24.3 Å². The summed E-state index contributed by atoms with van der Waals surface area (Å²) in [4.78, 5) is 25.0. The second-order valence-electron chi connectivity index (χ2n) is 5.02. The Morgan fingerprint density at radius 3 is 3.35 bits per heavy atom. The minimum atomic E-state index is -3.13. The average molecular weight is 321 g/mol. The van der Waals surface area contributed by atoms with Gasteiger partial charge in [-0.1, -0.05) is 6.92 Å². The van der Waals surface area contributed by atoms with Crippen LogP contribution in [0, 0.1) is 12.5 Å². The number of fused-ring (bicyclic) bond motifs is 1. The van der Waals surface area contributed by atoms with Crippen molar-refractivity contribution < 1.29 is 15.8 Å². The van der Waals surface area contributed by atoms with Crippen molar-refractivity contribution in [2.45, 2.75) is 19.3 Å². The van der Waals surface area contributed by atoms with Crippen molar-refractivity contribution in [3.05, 3.63) is 35.5 Å². The topological polar surface area (TPSA) is 72.2 Å². The Morgan fingerprint density at radius 2 is 2.57 bits per heavy atom. The smallest absolute Gasteiger partial charge is 0.302 e. The van der Waals surface area contributed by atoms with Crippen molar-refractivity contribution in [3.8, 4) is 0 Å². The Kier molecular flexibility index (Phi) is 2.25. The molecule has 0 radical (unpaired) electrons. The molecule has 2 aromatic heterocycles. The van der Waals surface area contributed by atoms with Crippen LogP contribution < -0.4 is 10.1 Å². The zero-order valence-electron chi connectivity index (χ0n) is 20.6. The van der Waals surface area contributed by atoms with Crippen molar-refractivity contribution in [1.82, 2.24) is 24.4 Å². The minimum Gasteiger partial charge on any atom is -0.346 e. The maximum Gasteiger partial charge on any atom is 0.302 e. The van der Waals surface area contributed by atoms with Gasteiger partial charge in [0.2, 0.25) is 0 Å². The van der Waals surface area contributed by atoms with Crippen LogP contribution in [-0.4, -0.2) is 58.4 Å². The molecule has 1 fully saturated rings. The number of rotatable bonds is 2. The summed E-state index contributed by atoms with van der Waals surface area (Å²) in [5, 5.41) is 0.390. The summed E-state index contributed by atoms with van der Waals surface area (Å²) in [7, 11) is 1.30. The van der Waals surface area contributed by atoms with E-state index in [9.17, 15) is 4.79 Å². The van der Waals surface area contributed by atoms with Gasteiger partial charge in [-0.2, -0.15) is 4.98 Å². The van der Waals surface area contributed by atoms with E-state index in [1.165, 1.54) is 20.2 Å². The number of carbonyl (C=O) groups excluding carboxylic acids is 1. The molecule has 2 atom stereocenters. The first-order chi connectivity index (χ1) is 14.2. The molecule has 3 heterocycles. The van der Waals surface area contributed by atoms with Gasteiger partial charge in [-0.25, -0.2) is 11.6 Å². The Hall–Kier alpha value is -2.62. The number of hydrogen-bond donors (Lipinski definition) is 2. The van der Waals surface area contributed by atoms with E-state index in [2.05, 4.69) is 19.8 Å². The molecule has 2 N–H and O–H groups in total. The van der Waals surface area contributed by atoms with Gasteiger partial charge < -0.3 is 14.7 Å². The summed E-state index contributed by atoms with van der Waals surface area (Å²) in [5.41, 5.74) is 0.343. The highest BCUT2D eigenvalue weighted by molar-refractivity contribution is 5.79. The molecule has 23 heavy (non-hydrogen) atoms. The third kappa shape index (κ3) is 2.84. The molecule has 0 aromatic carbocycles. The molecule has 1 aliphatic heterocycles. The second kappa shape index (κ2) is 6.24. The van der Waals surface area contributed by atoms with Gasteiger partial charge in [-0.05, 0) is 18.4 Å². The fourth-order valence-electron chi connectivity index (χ4n) is 2.33. The Bertz CT molecular complexity index is 1160. The number of H-pyrrole nitrogens is 2. The van der Waals surface area contributed by atoms with Gasteiger partial charge in [0, 0.05) is 18.2 Å². The molecular weight excluding hydrogens is 292 g/mol. The first kappa shape index (κ1) is 8.29. The first-order valence-electron chi connectivity index (χ1n) is 10.9. The Balaban J connectivity index is 2.43. The molecule has 0 spiro atoms. The lowest BCUT2D eigenvalue weighted by Gasteiger charge is -2.35. The average Bonchev–Trinajstić information content (AvgIpc) is 3.12. The number of aromatic nitrogens is 3. The zero-order chi connectivity index (χ0) is 23.6. The van der Waals surface area contributed by atoms with Crippen LogP contribution in [0.2, 0.25) is 0 Å². The summed E-state index contributed by atoms with van der Waals surface area (Å²) < 4.78 is 68.7. The van der Waals surface area contributed by atoms with E-state index in [-0.39, 0.29) is 22.3 Å². The fraction of sp³-hybridized carbons (Fsp3) is 0.500. The summed E-state index contributed by atoms with van der Waals surface area (Å²) in [6.45, 7) is 1.01. The van der Waals surface area contributed by atoms with Crippen LogP contribution in [0.3, 0.4) is 0 Å². The number of piperidine rings is 1. The number of nitrogens with one attached hydrogen (secondary N) is 2. The molecule has 2 aromatic rings. The number of carbonyl (C=O) groups is 1. The van der Waals surface area contributed by atoms with Gasteiger partial charge in [-0.3, -0.25) is 9.37 Å². The number of likely N-dealkylation sites (N-methyl/N-ethyl adjacent to an activating group) is 1. The molecule has 1 aliphatic rings. The fourth-order valence-corrected chi connectivity index (χ4v) is 2.33. The van der Waals surface area contributed by atoms with Crippen molar-refractivity contribution in [2.24, 2.45) is 5.92 Å². The molecule has 7 heteroatoms. The maximum absolute atomic E-state index is 12.6. The Labute approximate surface area is 145 Å². The number of amides is 1. The monoisotopic (exact) mass is 321 g/mol. The van der Waals surface area contributed by atoms with Crippen molar-refractivity contribution in [2.75, 3.05) is 26.6 Å². The van der Waals surface area contributed by atoms with Crippen LogP contribution >= 0.6 is 0 Å². The molecular formula is C16H21N6O+. The summed E-state index contributed by atoms with van der Waals surface area (Å²) >= 11 is 0. The third-order valence-electron chi connectivity index (χ3n) is 3.51. The standard InChI is InChI=1S/C16H20N6O/c1-11-5-7-22(14(23)8-17-2)9-13(11)21(3)16-12-4-6-18-15(12)19-10-20-16/h4,6,10-11,13H,5,7-9H2,1,3H3,(H,18,19,20)/p+1/t11-,13+/m1/s1/i5D2,7D2,9D2,10D,13D.